The van der Waals surface area contributed by atoms with Crippen LogP contribution in [0.15, 0.2) is 18.5 Å². The van der Waals surface area contributed by atoms with Crippen LogP contribution in [-0.4, -0.2) is 61.0 Å². The third kappa shape index (κ3) is 4.72. The second-order valence-corrected chi connectivity index (χ2v) is 7.23. The summed E-state index contributed by atoms with van der Waals surface area (Å²) < 4.78 is 0. The van der Waals surface area contributed by atoms with Crippen LogP contribution in [0.3, 0.4) is 0 Å². The van der Waals surface area contributed by atoms with E-state index in [-0.39, 0.29) is 23.7 Å². The molecule has 2 amide bonds. The smallest absolute Gasteiger partial charge is 0.226 e. The van der Waals surface area contributed by atoms with Crippen molar-refractivity contribution >= 4 is 17.5 Å². The zero-order valence-corrected chi connectivity index (χ0v) is 15.5. The molecule has 3 rings (SSSR count). The van der Waals surface area contributed by atoms with Crippen LogP contribution in [0.4, 0.5) is 5.69 Å². The molecule has 1 aromatic rings. The fourth-order valence-corrected chi connectivity index (χ4v) is 3.72. The van der Waals surface area contributed by atoms with Crippen LogP contribution in [0.5, 0.6) is 0 Å². The lowest BCUT2D eigenvalue weighted by Gasteiger charge is -2.31. The van der Waals surface area contributed by atoms with Crippen LogP contribution in [0.25, 0.3) is 0 Å². The van der Waals surface area contributed by atoms with E-state index >= 15 is 0 Å². The summed E-state index contributed by atoms with van der Waals surface area (Å²) in [6.07, 6.45) is 6.40. The number of carbonyl (C=O) groups excluding carboxylic acids is 2. The SMILES string of the molecule is Cc1cnccc1NCCNC(=O)C1CNCC(C(=O)N2CCCC2)C1. The highest BCUT2D eigenvalue weighted by Gasteiger charge is 2.33. The highest BCUT2D eigenvalue weighted by Crippen LogP contribution is 2.21. The van der Waals surface area contributed by atoms with Gasteiger partial charge in [0, 0.05) is 57.3 Å². The first-order valence-corrected chi connectivity index (χ1v) is 9.57. The number of amides is 2. The second-order valence-electron chi connectivity index (χ2n) is 7.23. The Hall–Kier alpha value is -2.15. The molecular formula is C19H29N5O2. The van der Waals surface area contributed by atoms with Crippen molar-refractivity contribution in [3.05, 3.63) is 24.0 Å². The summed E-state index contributed by atoms with van der Waals surface area (Å²) in [5.41, 5.74) is 2.11. The minimum atomic E-state index is -0.136. The van der Waals surface area contributed by atoms with Gasteiger partial charge in [-0.3, -0.25) is 14.6 Å². The predicted octanol–water partition coefficient (Wildman–Crippen LogP) is 0.766. The molecule has 2 atom stereocenters. The first kappa shape index (κ1) is 18.6. The summed E-state index contributed by atoms with van der Waals surface area (Å²) in [5, 5.41) is 9.56. The van der Waals surface area contributed by atoms with Gasteiger partial charge in [-0.25, -0.2) is 0 Å². The summed E-state index contributed by atoms with van der Waals surface area (Å²) in [7, 11) is 0. The van der Waals surface area contributed by atoms with Gasteiger partial charge < -0.3 is 20.9 Å². The summed E-state index contributed by atoms with van der Waals surface area (Å²) in [6, 6.07) is 1.93. The maximum absolute atomic E-state index is 12.6. The maximum Gasteiger partial charge on any atom is 0.226 e. The van der Waals surface area contributed by atoms with Crippen molar-refractivity contribution in [3.8, 4) is 0 Å². The zero-order valence-electron chi connectivity index (χ0n) is 15.5. The Balaban J connectivity index is 1.41. The van der Waals surface area contributed by atoms with Gasteiger partial charge in [-0.05, 0) is 37.8 Å². The molecule has 0 spiro atoms. The van der Waals surface area contributed by atoms with Gasteiger partial charge in [-0.15, -0.1) is 0 Å². The van der Waals surface area contributed by atoms with Gasteiger partial charge in [0.25, 0.3) is 0 Å². The molecule has 0 radical (unpaired) electrons. The topological polar surface area (TPSA) is 86.4 Å². The van der Waals surface area contributed by atoms with Crippen molar-refractivity contribution < 1.29 is 9.59 Å². The summed E-state index contributed by atoms with van der Waals surface area (Å²) in [4.78, 5) is 31.0. The van der Waals surface area contributed by atoms with Gasteiger partial charge >= 0.3 is 0 Å². The third-order valence-corrected chi connectivity index (χ3v) is 5.25. The van der Waals surface area contributed by atoms with E-state index in [0.717, 1.165) is 37.2 Å². The molecular weight excluding hydrogens is 330 g/mol. The van der Waals surface area contributed by atoms with Crippen molar-refractivity contribution in [2.75, 3.05) is 44.6 Å². The molecule has 2 unspecified atom stereocenters. The fourth-order valence-electron chi connectivity index (χ4n) is 3.72. The van der Waals surface area contributed by atoms with E-state index in [1.807, 2.05) is 24.1 Å². The van der Waals surface area contributed by atoms with Crippen LogP contribution in [-0.2, 0) is 9.59 Å². The lowest BCUT2D eigenvalue weighted by Crippen LogP contribution is -2.49. The first-order valence-electron chi connectivity index (χ1n) is 9.57. The number of rotatable bonds is 6. The average Bonchev–Trinajstić information content (AvgIpc) is 3.20. The van der Waals surface area contributed by atoms with Crippen molar-refractivity contribution in [1.82, 2.24) is 20.5 Å². The normalized spacial score (nSPS) is 22.9. The predicted molar refractivity (Wildman–Crippen MR) is 101 cm³/mol. The Bertz CT molecular complexity index is 630. The second kappa shape index (κ2) is 8.98. The molecule has 0 bridgehead atoms. The molecule has 7 nitrogen and oxygen atoms in total. The van der Waals surface area contributed by atoms with Crippen LogP contribution < -0.4 is 16.0 Å². The number of piperidine rings is 1. The molecule has 7 heteroatoms. The van der Waals surface area contributed by atoms with Crippen molar-refractivity contribution in [3.63, 3.8) is 0 Å². The number of pyridine rings is 1. The van der Waals surface area contributed by atoms with Crippen LogP contribution in [0.1, 0.15) is 24.8 Å². The van der Waals surface area contributed by atoms with Gasteiger partial charge in [0.05, 0.1) is 11.8 Å². The molecule has 0 aromatic carbocycles. The Morgan fingerprint density at radius 3 is 2.77 bits per heavy atom. The van der Waals surface area contributed by atoms with Gasteiger partial charge in [0.2, 0.25) is 11.8 Å². The average molecular weight is 359 g/mol. The van der Waals surface area contributed by atoms with Crippen LogP contribution in [0, 0.1) is 18.8 Å². The molecule has 0 aliphatic carbocycles. The highest BCUT2D eigenvalue weighted by atomic mass is 16.2. The number of hydrogen-bond acceptors (Lipinski definition) is 5. The summed E-state index contributed by atoms with van der Waals surface area (Å²) in [5.74, 6) is 0.0326. The van der Waals surface area contributed by atoms with E-state index in [1.165, 1.54) is 0 Å². The molecule has 26 heavy (non-hydrogen) atoms. The number of nitrogens with one attached hydrogen (secondary N) is 3. The number of aryl methyl sites for hydroxylation is 1. The van der Waals surface area contributed by atoms with Crippen molar-refractivity contribution in [2.24, 2.45) is 11.8 Å². The molecule has 3 heterocycles. The summed E-state index contributed by atoms with van der Waals surface area (Å²) >= 11 is 0. The van der Waals surface area contributed by atoms with E-state index in [1.54, 1.807) is 6.20 Å². The molecule has 2 aliphatic rings. The molecule has 3 N–H and O–H groups in total. The fraction of sp³-hybridized carbons (Fsp3) is 0.632. The third-order valence-electron chi connectivity index (χ3n) is 5.25. The highest BCUT2D eigenvalue weighted by molar-refractivity contribution is 5.83. The lowest BCUT2D eigenvalue weighted by molar-refractivity contribution is -0.136. The van der Waals surface area contributed by atoms with E-state index < -0.39 is 0 Å². The number of aromatic nitrogens is 1. The molecule has 1 aromatic heterocycles. The summed E-state index contributed by atoms with van der Waals surface area (Å²) in [6.45, 7) is 6.28. The number of carbonyl (C=O) groups is 2. The quantitative estimate of drug-likeness (QED) is 0.653. The number of hydrogen-bond donors (Lipinski definition) is 3. The van der Waals surface area contributed by atoms with Gasteiger partial charge in [-0.2, -0.15) is 0 Å². The monoisotopic (exact) mass is 359 g/mol. The maximum atomic E-state index is 12.6. The van der Waals surface area contributed by atoms with E-state index in [9.17, 15) is 9.59 Å². The minimum Gasteiger partial charge on any atom is -0.383 e. The van der Waals surface area contributed by atoms with E-state index in [2.05, 4.69) is 20.9 Å². The van der Waals surface area contributed by atoms with Crippen LogP contribution in [0.2, 0.25) is 0 Å². The first-order chi connectivity index (χ1) is 12.6. The Morgan fingerprint density at radius 2 is 2.00 bits per heavy atom. The molecule has 2 aliphatic heterocycles. The Labute approximate surface area is 154 Å². The Morgan fingerprint density at radius 1 is 1.23 bits per heavy atom. The number of likely N-dealkylation sites (tertiary alicyclic amines) is 1. The van der Waals surface area contributed by atoms with Gasteiger partial charge in [0.15, 0.2) is 0 Å². The van der Waals surface area contributed by atoms with Gasteiger partial charge in [-0.1, -0.05) is 0 Å². The largest absolute Gasteiger partial charge is 0.383 e. The molecule has 142 valence electrons. The molecule has 2 fully saturated rings. The van der Waals surface area contributed by atoms with Crippen molar-refractivity contribution in [2.45, 2.75) is 26.2 Å². The standard InChI is InChI=1S/C19H29N5O2/c1-14-11-20-5-4-17(14)22-6-7-23-18(25)15-10-16(13-21-12-15)19(26)24-8-2-3-9-24/h4-5,11,15-16,21H,2-3,6-10,12-13H2,1H3,(H,20,22)(H,23,25). The molecule has 0 saturated carbocycles. The zero-order chi connectivity index (χ0) is 18.4. The number of anilines is 1. The lowest BCUT2D eigenvalue weighted by atomic mass is 9.89. The number of nitrogens with zero attached hydrogens (tertiary/aromatic N) is 2. The van der Waals surface area contributed by atoms with E-state index in [4.69, 9.17) is 0 Å². The minimum absolute atomic E-state index is 0.0321. The van der Waals surface area contributed by atoms with Gasteiger partial charge in [0.1, 0.15) is 0 Å². The Kier molecular flexibility index (Phi) is 6.44. The van der Waals surface area contributed by atoms with E-state index in [0.29, 0.717) is 32.6 Å². The van der Waals surface area contributed by atoms with Crippen LogP contribution >= 0.6 is 0 Å². The van der Waals surface area contributed by atoms with Crippen molar-refractivity contribution in [1.29, 1.82) is 0 Å². The molecule has 2 saturated heterocycles.